The molecule has 0 spiro atoms. The van der Waals surface area contributed by atoms with Gasteiger partial charge in [-0.25, -0.2) is 0 Å². The van der Waals surface area contributed by atoms with Crippen molar-refractivity contribution in [2.24, 2.45) is 11.3 Å². The van der Waals surface area contributed by atoms with E-state index in [0.29, 0.717) is 12.5 Å². The Bertz CT molecular complexity index is 149. The van der Waals surface area contributed by atoms with Gasteiger partial charge in [-0.2, -0.15) is 0 Å². The number of aliphatic hydroxyl groups is 3. The molecule has 92 valence electrons. The van der Waals surface area contributed by atoms with Gasteiger partial charge in [0, 0.05) is 18.6 Å². The summed E-state index contributed by atoms with van der Waals surface area (Å²) < 4.78 is 0. The van der Waals surface area contributed by atoms with Gasteiger partial charge >= 0.3 is 0 Å². The van der Waals surface area contributed by atoms with Crippen LogP contribution in [0.4, 0.5) is 0 Å². The van der Waals surface area contributed by atoms with Gasteiger partial charge in [0.25, 0.3) is 0 Å². The number of hydrogen-bond acceptors (Lipinski definition) is 4. The fourth-order valence-electron chi connectivity index (χ4n) is 1.37. The summed E-state index contributed by atoms with van der Waals surface area (Å²) in [5.41, 5.74) is -0.447. The molecule has 0 saturated heterocycles. The van der Waals surface area contributed by atoms with Crippen LogP contribution in [0.2, 0.25) is 0 Å². The zero-order valence-electron chi connectivity index (χ0n) is 9.87. The van der Waals surface area contributed by atoms with E-state index in [1.165, 1.54) is 0 Å². The van der Waals surface area contributed by atoms with Crippen molar-refractivity contribution in [3.05, 3.63) is 0 Å². The first-order valence-electron chi connectivity index (χ1n) is 5.65. The normalized spacial score (nSPS) is 14.2. The van der Waals surface area contributed by atoms with E-state index in [2.05, 4.69) is 12.2 Å². The monoisotopic (exact) mass is 219 g/mol. The molecule has 4 nitrogen and oxygen atoms in total. The molecule has 0 rings (SSSR count). The summed E-state index contributed by atoms with van der Waals surface area (Å²) in [6, 6.07) is 0. The molecule has 0 aliphatic rings. The van der Waals surface area contributed by atoms with Crippen molar-refractivity contribution in [3.8, 4) is 0 Å². The Kier molecular flexibility index (Phi) is 7.96. The Morgan fingerprint density at radius 1 is 1.20 bits per heavy atom. The predicted molar refractivity (Wildman–Crippen MR) is 60.6 cm³/mol. The third-order valence-corrected chi connectivity index (χ3v) is 2.86. The molecule has 0 fully saturated rings. The van der Waals surface area contributed by atoms with Gasteiger partial charge in [0.1, 0.15) is 0 Å². The molecular weight excluding hydrogens is 194 g/mol. The lowest BCUT2D eigenvalue weighted by Crippen LogP contribution is -2.39. The maximum absolute atomic E-state index is 9.07. The molecule has 4 heteroatoms. The van der Waals surface area contributed by atoms with E-state index in [1.807, 2.05) is 6.92 Å². The van der Waals surface area contributed by atoms with Gasteiger partial charge in [0.15, 0.2) is 0 Å². The lowest BCUT2D eigenvalue weighted by Gasteiger charge is -2.26. The molecule has 0 aliphatic heterocycles. The summed E-state index contributed by atoms with van der Waals surface area (Å²) in [4.78, 5) is 0. The summed E-state index contributed by atoms with van der Waals surface area (Å²) in [6.45, 7) is 5.54. The van der Waals surface area contributed by atoms with E-state index in [1.54, 1.807) is 0 Å². The summed E-state index contributed by atoms with van der Waals surface area (Å²) in [7, 11) is 0. The summed E-state index contributed by atoms with van der Waals surface area (Å²) in [5, 5.41) is 30.2. The van der Waals surface area contributed by atoms with Crippen molar-refractivity contribution in [3.63, 3.8) is 0 Å². The van der Waals surface area contributed by atoms with Gasteiger partial charge in [-0.15, -0.1) is 0 Å². The van der Waals surface area contributed by atoms with Gasteiger partial charge in [-0.05, 0) is 18.9 Å². The van der Waals surface area contributed by atoms with Crippen LogP contribution in [0, 0.1) is 11.3 Å². The Balaban J connectivity index is 3.75. The van der Waals surface area contributed by atoms with Crippen LogP contribution in [0.5, 0.6) is 0 Å². The van der Waals surface area contributed by atoms with Crippen LogP contribution >= 0.6 is 0 Å². The smallest absolute Gasteiger partial charge is 0.0518 e. The van der Waals surface area contributed by atoms with Gasteiger partial charge in [-0.3, -0.25) is 0 Å². The Morgan fingerprint density at radius 3 is 2.20 bits per heavy atom. The van der Waals surface area contributed by atoms with E-state index in [9.17, 15) is 0 Å². The van der Waals surface area contributed by atoms with Crippen LogP contribution < -0.4 is 5.32 Å². The van der Waals surface area contributed by atoms with Crippen molar-refractivity contribution in [1.82, 2.24) is 5.32 Å². The molecule has 1 unspecified atom stereocenters. The molecule has 15 heavy (non-hydrogen) atoms. The minimum atomic E-state index is -0.447. The molecule has 0 saturated carbocycles. The molecule has 0 radical (unpaired) electrons. The van der Waals surface area contributed by atoms with Crippen LogP contribution in [-0.2, 0) is 0 Å². The second-order valence-electron chi connectivity index (χ2n) is 4.54. The van der Waals surface area contributed by atoms with Crippen molar-refractivity contribution in [1.29, 1.82) is 0 Å². The van der Waals surface area contributed by atoms with Crippen molar-refractivity contribution in [2.75, 3.05) is 32.9 Å². The predicted octanol–water partition coefficient (Wildman–Crippen LogP) is -0.0245. The van der Waals surface area contributed by atoms with Crippen LogP contribution in [0.1, 0.15) is 26.7 Å². The third kappa shape index (κ3) is 6.10. The molecule has 0 aromatic heterocycles. The molecule has 0 heterocycles. The molecule has 0 aliphatic carbocycles. The Hall–Kier alpha value is -0.160. The highest BCUT2D eigenvalue weighted by Gasteiger charge is 2.22. The van der Waals surface area contributed by atoms with Crippen LogP contribution in [0.15, 0.2) is 0 Å². The summed E-state index contributed by atoms with van der Waals surface area (Å²) in [5.74, 6) is 0.469. The molecule has 0 aromatic carbocycles. The van der Waals surface area contributed by atoms with E-state index in [0.717, 1.165) is 19.4 Å². The van der Waals surface area contributed by atoms with E-state index >= 15 is 0 Å². The molecule has 0 amide bonds. The Morgan fingerprint density at radius 2 is 1.80 bits per heavy atom. The number of rotatable bonds is 9. The third-order valence-electron chi connectivity index (χ3n) is 2.86. The molecule has 0 bridgehead atoms. The maximum atomic E-state index is 9.07. The van der Waals surface area contributed by atoms with E-state index in [4.69, 9.17) is 15.3 Å². The van der Waals surface area contributed by atoms with E-state index in [-0.39, 0.29) is 19.8 Å². The molecular formula is C11H25NO3. The number of hydrogen-bond donors (Lipinski definition) is 4. The van der Waals surface area contributed by atoms with Crippen LogP contribution in [0.3, 0.4) is 0 Å². The first-order valence-corrected chi connectivity index (χ1v) is 5.65. The fraction of sp³-hybridized carbons (Fsp3) is 1.00. The highest BCUT2D eigenvalue weighted by Crippen LogP contribution is 2.13. The lowest BCUT2D eigenvalue weighted by atomic mass is 9.92. The van der Waals surface area contributed by atoms with Gasteiger partial charge in [0.05, 0.1) is 13.2 Å². The van der Waals surface area contributed by atoms with Crippen LogP contribution in [0.25, 0.3) is 0 Å². The van der Waals surface area contributed by atoms with Gasteiger partial charge in [0.2, 0.25) is 0 Å². The minimum Gasteiger partial charge on any atom is -0.396 e. The molecule has 4 N–H and O–H groups in total. The topological polar surface area (TPSA) is 72.7 Å². The number of nitrogens with one attached hydrogen (secondary N) is 1. The lowest BCUT2D eigenvalue weighted by molar-refractivity contribution is 0.0686. The highest BCUT2D eigenvalue weighted by molar-refractivity contribution is 4.75. The quantitative estimate of drug-likeness (QED) is 0.440. The summed E-state index contributed by atoms with van der Waals surface area (Å²) >= 11 is 0. The zero-order valence-corrected chi connectivity index (χ0v) is 9.87. The molecule has 1 atom stereocenters. The first-order chi connectivity index (χ1) is 7.11. The summed E-state index contributed by atoms with van der Waals surface area (Å²) in [6.07, 6.45) is 1.83. The van der Waals surface area contributed by atoms with Crippen molar-refractivity contribution in [2.45, 2.75) is 26.7 Å². The van der Waals surface area contributed by atoms with Gasteiger partial charge in [-0.1, -0.05) is 20.3 Å². The van der Waals surface area contributed by atoms with Gasteiger partial charge < -0.3 is 20.6 Å². The maximum Gasteiger partial charge on any atom is 0.0518 e. The molecule has 0 aromatic rings. The first kappa shape index (κ1) is 14.8. The largest absolute Gasteiger partial charge is 0.396 e. The fourth-order valence-corrected chi connectivity index (χ4v) is 1.37. The second-order valence-corrected chi connectivity index (χ2v) is 4.54. The standard InChI is InChI=1S/C11H25NO3/c1-3-10(4-5-13)6-12-7-11(2,8-14)9-15/h10,12-15H,3-9H2,1-2H3. The number of aliphatic hydroxyl groups excluding tert-OH is 3. The van der Waals surface area contributed by atoms with Crippen molar-refractivity contribution >= 4 is 0 Å². The SMILES string of the molecule is CCC(CCO)CNCC(C)(CO)CO. The average molecular weight is 219 g/mol. The zero-order chi connectivity index (χ0) is 11.7. The van der Waals surface area contributed by atoms with Crippen LogP contribution in [-0.4, -0.2) is 48.2 Å². The van der Waals surface area contributed by atoms with E-state index < -0.39 is 5.41 Å². The average Bonchev–Trinajstić information content (AvgIpc) is 2.27. The highest BCUT2D eigenvalue weighted by atomic mass is 16.3. The Labute approximate surface area is 92.3 Å². The van der Waals surface area contributed by atoms with Crippen molar-refractivity contribution < 1.29 is 15.3 Å². The second kappa shape index (κ2) is 8.05. The minimum absolute atomic E-state index is 0.0205.